The number of hydrogen-bond acceptors (Lipinski definition) is 5. The van der Waals surface area contributed by atoms with Crippen LogP contribution in [0.3, 0.4) is 0 Å². The summed E-state index contributed by atoms with van der Waals surface area (Å²) in [7, 11) is 0. The lowest BCUT2D eigenvalue weighted by Gasteiger charge is -2.08. The van der Waals surface area contributed by atoms with Gasteiger partial charge in [0.15, 0.2) is 0 Å². The maximum Gasteiger partial charge on any atom is 0.269 e. The Morgan fingerprint density at radius 3 is 2.89 bits per heavy atom. The van der Waals surface area contributed by atoms with Crippen molar-refractivity contribution >= 4 is 5.69 Å². The highest BCUT2D eigenvalue weighted by molar-refractivity contribution is 5.34. The number of nitro groups is 1. The monoisotopic (exact) mass is 260 g/mol. The van der Waals surface area contributed by atoms with E-state index in [9.17, 15) is 10.1 Å². The SMILES string of the molecule is O=[N+]([O-])c1cccc(COc2cccnc2CO)c1. The van der Waals surface area contributed by atoms with Crippen LogP contribution >= 0.6 is 0 Å². The number of ether oxygens (including phenoxy) is 1. The van der Waals surface area contributed by atoms with Crippen LogP contribution < -0.4 is 4.74 Å². The van der Waals surface area contributed by atoms with E-state index in [1.54, 1.807) is 30.5 Å². The van der Waals surface area contributed by atoms with Gasteiger partial charge in [-0.25, -0.2) is 0 Å². The molecule has 98 valence electrons. The molecule has 1 N–H and O–H groups in total. The van der Waals surface area contributed by atoms with E-state index < -0.39 is 4.92 Å². The molecule has 0 saturated carbocycles. The first-order chi connectivity index (χ1) is 9.20. The van der Waals surface area contributed by atoms with Crippen molar-refractivity contribution in [2.24, 2.45) is 0 Å². The van der Waals surface area contributed by atoms with Gasteiger partial charge < -0.3 is 9.84 Å². The van der Waals surface area contributed by atoms with Gasteiger partial charge in [0.1, 0.15) is 18.1 Å². The van der Waals surface area contributed by atoms with Crippen LogP contribution in [-0.4, -0.2) is 15.0 Å². The molecule has 6 heteroatoms. The Balaban J connectivity index is 2.10. The largest absolute Gasteiger partial charge is 0.487 e. The highest BCUT2D eigenvalue weighted by atomic mass is 16.6. The molecular weight excluding hydrogens is 248 g/mol. The van der Waals surface area contributed by atoms with Crippen molar-refractivity contribution in [2.45, 2.75) is 13.2 Å². The number of benzene rings is 1. The van der Waals surface area contributed by atoms with Crippen molar-refractivity contribution in [1.82, 2.24) is 4.98 Å². The molecule has 2 aromatic rings. The second-order valence-corrected chi connectivity index (χ2v) is 3.82. The summed E-state index contributed by atoms with van der Waals surface area (Å²) in [6, 6.07) is 9.61. The van der Waals surface area contributed by atoms with Crippen molar-refractivity contribution in [1.29, 1.82) is 0 Å². The third-order valence-electron chi connectivity index (χ3n) is 2.51. The van der Waals surface area contributed by atoms with Crippen molar-refractivity contribution in [3.8, 4) is 5.75 Å². The zero-order valence-corrected chi connectivity index (χ0v) is 10.0. The van der Waals surface area contributed by atoms with Crippen LogP contribution in [0.4, 0.5) is 5.69 Å². The second kappa shape index (κ2) is 5.92. The molecule has 0 saturated heterocycles. The van der Waals surface area contributed by atoms with Crippen LogP contribution in [0, 0.1) is 10.1 Å². The molecule has 0 aliphatic heterocycles. The molecule has 0 unspecified atom stereocenters. The van der Waals surface area contributed by atoms with Crippen LogP contribution in [0.25, 0.3) is 0 Å². The van der Waals surface area contributed by atoms with Gasteiger partial charge in [-0.15, -0.1) is 0 Å². The number of aromatic nitrogens is 1. The highest BCUT2D eigenvalue weighted by Crippen LogP contribution is 2.18. The van der Waals surface area contributed by atoms with Crippen molar-refractivity contribution in [3.05, 3.63) is 64.0 Å². The standard InChI is InChI=1S/C13H12N2O4/c16-8-12-13(5-2-6-14-12)19-9-10-3-1-4-11(7-10)15(17)18/h1-7,16H,8-9H2. The first-order valence-electron chi connectivity index (χ1n) is 5.61. The number of non-ortho nitro benzene ring substituents is 1. The Hall–Kier alpha value is -2.47. The minimum Gasteiger partial charge on any atom is -0.487 e. The average Bonchev–Trinajstić information content (AvgIpc) is 2.45. The van der Waals surface area contributed by atoms with E-state index in [4.69, 9.17) is 9.84 Å². The average molecular weight is 260 g/mol. The second-order valence-electron chi connectivity index (χ2n) is 3.82. The zero-order chi connectivity index (χ0) is 13.7. The molecule has 1 aromatic heterocycles. The quantitative estimate of drug-likeness (QED) is 0.657. The van der Waals surface area contributed by atoms with E-state index in [2.05, 4.69) is 4.98 Å². The topological polar surface area (TPSA) is 85.5 Å². The first-order valence-corrected chi connectivity index (χ1v) is 5.61. The van der Waals surface area contributed by atoms with Gasteiger partial charge in [-0.1, -0.05) is 12.1 Å². The molecule has 0 aliphatic carbocycles. The van der Waals surface area contributed by atoms with E-state index in [1.165, 1.54) is 12.1 Å². The van der Waals surface area contributed by atoms with E-state index >= 15 is 0 Å². The maximum atomic E-state index is 10.6. The van der Waals surface area contributed by atoms with Crippen LogP contribution in [0.2, 0.25) is 0 Å². The molecule has 6 nitrogen and oxygen atoms in total. The van der Waals surface area contributed by atoms with Gasteiger partial charge in [-0.05, 0) is 17.7 Å². The van der Waals surface area contributed by atoms with E-state index in [0.29, 0.717) is 17.0 Å². The summed E-state index contributed by atoms with van der Waals surface area (Å²) in [5.41, 5.74) is 1.14. The fraction of sp³-hybridized carbons (Fsp3) is 0.154. The van der Waals surface area contributed by atoms with Gasteiger partial charge in [-0.3, -0.25) is 15.1 Å². The van der Waals surface area contributed by atoms with Crippen molar-refractivity contribution in [3.63, 3.8) is 0 Å². The Morgan fingerprint density at radius 1 is 1.32 bits per heavy atom. The predicted octanol–water partition coefficient (Wildman–Crippen LogP) is 2.06. The number of nitrogens with zero attached hydrogens (tertiary/aromatic N) is 2. The molecule has 0 aliphatic rings. The van der Waals surface area contributed by atoms with Crippen LogP contribution in [0.1, 0.15) is 11.3 Å². The summed E-state index contributed by atoms with van der Waals surface area (Å²) in [6.07, 6.45) is 1.56. The predicted molar refractivity (Wildman–Crippen MR) is 67.6 cm³/mol. The lowest BCUT2D eigenvalue weighted by atomic mass is 10.2. The van der Waals surface area contributed by atoms with Crippen LogP contribution in [-0.2, 0) is 13.2 Å². The Labute approximate surface area is 109 Å². The Morgan fingerprint density at radius 2 is 2.16 bits per heavy atom. The third kappa shape index (κ3) is 3.26. The van der Waals surface area contributed by atoms with Crippen LogP contribution in [0.15, 0.2) is 42.6 Å². The lowest BCUT2D eigenvalue weighted by molar-refractivity contribution is -0.384. The number of nitro benzene ring substituents is 1. The molecule has 0 radical (unpaired) electrons. The van der Waals surface area contributed by atoms with E-state index in [0.717, 1.165) is 0 Å². The number of hydrogen-bond donors (Lipinski definition) is 1. The highest BCUT2D eigenvalue weighted by Gasteiger charge is 2.07. The summed E-state index contributed by atoms with van der Waals surface area (Å²) in [5, 5.41) is 19.8. The molecule has 0 amide bonds. The normalized spacial score (nSPS) is 10.2. The third-order valence-corrected chi connectivity index (χ3v) is 2.51. The van der Waals surface area contributed by atoms with Crippen molar-refractivity contribution in [2.75, 3.05) is 0 Å². The summed E-state index contributed by atoms with van der Waals surface area (Å²) >= 11 is 0. The maximum absolute atomic E-state index is 10.6. The molecule has 0 bridgehead atoms. The molecule has 0 fully saturated rings. The minimum atomic E-state index is -0.452. The lowest BCUT2D eigenvalue weighted by Crippen LogP contribution is -2.00. The van der Waals surface area contributed by atoms with Gasteiger partial charge in [0.25, 0.3) is 5.69 Å². The van der Waals surface area contributed by atoms with Gasteiger partial charge in [0.2, 0.25) is 0 Å². The Bertz CT molecular complexity index is 586. The zero-order valence-electron chi connectivity index (χ0n) is 10.0. The summed E-state index contributed by atoms with van der Waals surface area (Å²) in [4.78, 5) is 14.2. The summed E-state index contributed by atoms with van der Waals surface area (Å²) in [5.74, 6) is 0.469. The van der Waals surface area contributed by atoms with Gasteiger partial charge >= 0.3 is 0 Å². The minimum absolute atomic E-state index is 0.0228. The molecule has 19 heavy (non-hydrogen) atoms. The molecule has 2 rings (SSSR count). The van der Waals surface area contributed by atoms with Crippen molar-refractivity contribution < 1.29 is 14.8 Å². The molecule has 1 heterocycles. The molecule has 1 aromatic carbocycles. The first kappa shape index (κ1) is 13.0. The summed E-state index contributed by atoms with van der Waals surface area (Å²) in [6.45, 7) is -0.0362. The number of aliphatic hydroxyl groups excluding tert-OH is 1. The van der Waals surface area contributed by atoms with Gasteiger partial charge in [0.05, 0.1) is 11.5 Å². The molecule has 0 spiro atoms. The number of rotatable bonds is 5. The fourth-order valence-electron chi connectivity index (χ4n) is 1.59. The fourth-order valence-corrected chi connectivity index (χ4v) is 1.59. The van der Waals surface area contributed by atoms with E-state index in [-0.39, 0.29) is 18.9 Å². The van der Waals surface area contributed by atoms with Crippen LogP contribution in [0.5, 0.6) is 5.75 Å². The number of pyridine rings is 1. The molecule has 0 atom stereocenters. The summed E-state index contributed by atoms with van der Waals surface area (Å²) < 4.78 is 5.50. The number of aliphatic hydroxyl groups is 1. The van der Waals surface area contributed by atoms with Gasteiger partial charge in [0, 0.05) is 18.3 Å². The smallest absolute Gasteiger partial charge is 0.269 e. The Kier molecular flexibility index (Phi) is 4.04. The van der Waals surface area contributed by atoms with Gasteiger partial charge in [-0.2, -0.15) is 0 Å². The van der Waals surface area contributed by atoms with E-state index in [1.807, 2.05) is 0 Å². The molecular formula is C13H12N2O4.